The molecule has 0 radical (unpaired) electrons. The van der Waals surface area contributed by atoms with Gasteiger partial charge >= 0.3 is 0 Å². The van der Waals surface area contributed by atoms with E-state index in [2.05, 4.69) is 0 Å². The summed E-state index contributed by atoms with van der Waals surface area (Å²) in [6.07, 6.45) is 0.738. The first-order chi connectivity index (χ1) is 9.01. The van der Waals surface area contributed by atoms with Crippen LogP contribution in [0.2, 0.25) is 0 Å². The number of thiophene rings is 1. The van der Waals surface area contributed by atoms with Crippen molar-refractivity contribution in [3.05, 3.63) is 50.4 Å². The van der Waals surface area contributed by atoms with Crippen molar-refractivity contribution in [3.63, 3.8) is 0 Å². The fraction of sp³-hybridized carbons (Fsp3) is 0.154. The van der Waals surface area contributed by atoms with Crippen molar-refractivity contribution in [3.8, 4) is 10.8 Å². The number of hydrogen-bond donors (Lipinski definition) is 0. The molecule has 6 heteroatoms. The molecule has 0 amide bonds. The number of carbonyl (C=O) groups is 1. The van der Waals surface area contributed by atoms with Crippen molar-refractivity contribution in [2.45, 2.75) is 13.8 Å². The van der Waals surface area contributed by atoms with Gasteiger partial charge in [0.2, 0.25) is 0 Å². The third-order valence-corrected chi connectivity index (χ3v) is 3.51. The van der Waals surface area contributed by atoms with Gasteiger partial charge in [0, 0.05) is 5.56 Å². The van der Waals surface area contributed by atoms with Crippen LogP contribution in [0.4, 0.5) is 5.69 Å². The van der Waals surface area contributed by atoms with Gasteiger partial charge in [0.25, 0.3) is 5.69 Å². The van der Waals surface area contributed by atoms with Crippen LogP contribution in [0.15, 0.2) is 24.3 Å². The van der Waals surface area contributed by atoms with Crippen LogP contribution in [0.3, 0.4) is 0 Å². The first-order valence-corrected chi connectivity index (χ1v) is 6.31. The lowest BCUT2D eigenvalue weighted by Gasteiger charge is -2.07. The van der Waals surface area contributed by atoms with Crippen LogP contribution in [0.25, 0.3) is 0 Å². The van der Waals surface area contributed by atoms with Gasteiger partial charge in [0.05, 0.1) is 15.9 Å². The lowest BCUT2D eigenvalue weighted by atomic mass is 10.1. The number of nitrogens with zero attached hydrogens (tertiary/aromatic N) is 1. The van der Waals surface area contributed by atoms with Gasteiger partial charge in [0.1, 0.15) is 5.75 Å². The predicted molar refractivity (Wildman–Crippen MR) is 72.4 cm³/mol. The molecule has 2 aromatic rings. The molecule has 0 aliphatic heterocycles. The van der Waals surface area contributed by atoms with Crippen LogP contribution in [0.5, 0.6) is 10.8 Å². The molecule has 2 rings (SSSR count). The quantitative estimate of drug-likeness (QED) is 0.483. The van der Waals surface area contributed by atoms with Crippen molar-refractivity contribution in [1.82, 2.24) is 0 Å². The van der Waals surface area contributed by atoms with E-state index in [1.54, 1.807) is 25.1 Å². The van der Waals surface area contributed by atoms with Crippen LogP contribution >= 0.6 is 11.3 Å². The Morgan fingerprint density at radius 1 is 1.26 bits per heavy atom. The largest absolute Gasteiger partial charge is 0.446 e. The highest BCUT2D eigenvalue weighted by atomic mass is 32.1. The van der Waals surface area contributed by atoms with E-state index in [1.165, 1.54) is 17.4 Å². The van der Waals surface area contributed by atoms with Crippen LogP contribution < -0.4 is 4.74 Å². The first kappa shape index (κ1) is 13.2. The number of benzene rings is 1. The van der Waals surface area contributed by atoms with Gasteiger partial charge in [0.15, 0.2) is 11.3 Å². The minimum absolute atomic E-state index is 0.0211. The normalized spacial score (nSPS) is 10.2. The number of nitro benzene ring substituents is 1. The molecule has 1 aromatic heterocycles. The van der Waals surface area contributed by atoms with Crippen LogP contribution in [-0.4, -0.2) is 11.2 Å². The molecule has 1 heterocycles. The summed E-state index contributed by atoms with van der Waals surface area (Å²) >= 11 is 1.19. The molecule has 0 unspecified atom stereocenters. The maximum absolute atomic E-state index is 10.9. The van der Waals surface area contributed by atoms with Gasteiger partial charge < -0.3 is 4.74 Å². The van der Waals surface area contributed by atoms with E-state index in [0.29, 0.717) is 21.3 Å². The number of carbonyl (C=O) groups excluding carboxylic acids is 1. The molecule has 0 saturated carbocycles. The van der Waals surface area contributed by atoms with E-state index in [0.717, 1.165) is 11.8 Å². The summed E-state index contributed by atoms with van der Waals surface area (Å²) in [7, 11) is 0. The summed E-state index contributed by atoms with van der Waals surface area (Å²) in [5.41, 5.74) is 1.42. The third-order valence-electron chi connectivity index (χ3n) is 2.62. The summed E-state index contributed by atoms with van der Waals surface area (Å²) in [6, 6.07) is 6.43. The summed E-state index contributed by atoms with van der Waals surface area (Å²) < 4.78 is 5.59. The van der Waals surface area contributed by atoms with E-state index in [1.807, 2.05) is 6.92 Å². The Hall–Kier alpha value is -2.21. The summed E-state index contributed by atoms with van der Waals surface area (Å²) in [6.45, 7) is 3.50. The summed E-state index contributed by atoms with van der Waals surface area (Å²) in [5, 5.41) is 11.4. The van der Waals surface area contributed by atoms with Gasteiger partial charge in [-0.3, -0.25) is 14.9 Å². The minimum Gasteiger partial charge on any atom is -0.446 e. The fourth-order valence-electron chi connectivity index (χ4n) is 1.69. The van der Waals surface area contributed by atoms with Crippen LogP contribution in [0.1, 0.15) is 20.8 Å². The van der Waals surface area contributed by atoms with E-state index in [4.69, 9.17) is 4.74 Å². The molecule has 19 heavy (non-hydrogen) atoms. The van der Waals surface area contributed by atoms with Crippen molar-refractivity contribution in [1.29, 1.82) is 0 Å². The van der Waals surface area contributed by atoms with Crippen LogP contribution in [-0.2, 0) is 0 Å². The Balaban J connectivity index is 2.36. The molecule has 0 saturated heterocycles. The van der Waals surface area contributed by atoms with E-state index >= 15 is 0 Å². The lowest BCUT2D eigenvalue weighted by Crippen LogP contribution is -1.94. The molecule has 0 bridgehead atoms. The maximum atomic E-state index is 10.9. The first-order valence-electron chi connectivity index (χ1n) is 5.50. The van der Waals surface area contributed by atoms with Gasteiger partial charge in [-0.25, -0.2) is 0 Å². The Labute approximate surface area is 113 Å². The standard InChI is InChI=1S/C13H11NO4S/c1-8-5-9(2)12(6-11(8)14(16)17)18-13-4-3-10(7-15)19-13/h3-7H,1-2H3. The monoisotopic (exact) mass is 277 g/mol. The Kier molecular flexibility index (Phi) is 3.62. The SMILES string of the molecule is Cc1cc(C)c([N+](=O)[O-])cc1Oc1ccc(C=O)s1. The third kappa shape index (κ3) is 2.79. The maximum Gasteiger partial charge on any atom is 0.276 e. The van der Waals surface area contributed by atoms with Gasteiger partial charge in [-0.05, 0) is 37.6 Å². The second-order valence-electron chi connectivity index (χ2n) is 4.04. The fourth-order valence-corrected chi connectivity index (χ4v) is 2.37. The number of nitro groups is 1. The highest BCUT2D eigenvalue weighted by Crippen LogP contribution is 2.34. The zero-order valence-electron chi connectivity index (χ0n) is 10.4. The molecule has 1 aromatic carbocycles. The number of rotatable bonds is 4. The van der Waals surface area contributed by atoms with E-state index < -0.39 is 4.92 Å². The zero-order valence-corrected chi connectivity index (χ0v) is 11.2. The minimum atomic E-state index is -0.438. The topological polar surface area (TPSA) is 69.4 Å². The average molecular weight is 277 g/mol. The smallest absolute Gasteiger partial charge is 0.276 e. The molecule has 0 N–H and O–H groups in total. The number of hydrogen-bond acceptors (Lipinski definition) is 5. The van der Waals surface area contributed by atoms with Crippen molar-refractivity contribution in [2.24, 2.45) is 0 Å². The lowest BCUT2D eigenvalue weighted by molar-refractivity contribution is -0.385. The summed E-state index contributed by atoms with van der Waals surface area (Å²) in [4.78, 5) is 21.6. The molecular formula is C13H11NO4S. The second-order valence-corrected chi connectivity index (χ2v) is 5.12. The Bertz CT molecular complexity index is 648. The van der Waals surface area contributed by atoms with Gasteiger partial charge in [-0.15, -0.1) is 0 Å². The second kappa shape index (κ2) is 5.19. The zero-order chi connectivity index (χ0) is 14.0. The number of ether oxygens (including phenoxy) is 1. The average Bonchev–Trinajstić information content (AvgIpc) is 2.80. The molecule has 0 spiro atoms. The molecular weight excluding hydrogens is 266 g/mol. The number of aryl methyl sites for hydroxylation is 2. The molecule has 0 atom stereocenters. The highest BCUT2D eigenvalue weighted by molar-refractivity contribution is 7.15. The molecule has 0 aliphatic carbocycles. The molecule has 0 aliphatic rings. The molecule has 5 nitrogen and oxygen atoms in total. The summed E-state index contributed by atoms with van der Waals surface area (Å²) in [5.74, 6) is 0.427. The van der Waals surface area contributed by atoms with Crippen molar-refractivity contribution >= 4 is 23.3 Å². The highest BCUT2D eigenvalue weighted by Gasteiger charge is 2.15. The van der Waals surface area contributed by atoms with Crippen molar-refractivity contribution < 1.29 is 14.5 Å². The Morgan fingerprint density at radius 2 is 2.00 bits per heavy atom. The molecule has 0 fully saturated rings. The Morgan fingerprint density at radius 3 is 2.58 bits per heavy atom. The predicted octanol–water partition coefficient (Wildman–Crippen LogP) is 3.88. The number of aldehydes is 1. The van der Waals surface area contributed by atoms with E-state index in [9.17, 15) is 14.9 Å². The van der Waals surface area contributed by atoms with Crippen molar-refractivity contribution in [2.75, 3.05) is 0 Å². The van der Waals surface area contributed by atoms with Gasteiger partial charge in [-0.2, -0.15) is 0 Å². The van der Waals surface area contributed by atoms with E-state index in [-0.39, 0.29) is 5.69 Å². The molecule has 98 valence electrons. The van der Waals surface area contributed by atoms with Crippen LogP contribution in [0, 0.1) is 24.0 Å². The van der Waals surface area contributed by atoms with Gasteiger partial charge in [-0.1, -0.05) is 11.3 Å².